The van der Waals surface area contributed by atoms with Gasteiger partial charge < -0.3 is 14.8 Å². The Balaban J connectivity index is 1.97. The van der Waals surface area contributed by atoms with E-state index in [-0.39, 0.29) is 23.4 Å². The molecule has 0 bridgehead atoms. The number of amides is 1. The lowest BCUT2D eigenvalue weighted by atomic mass is 10.2. The fraction of sp³-hybridized carbons (Fsp3) is 0.409. The molecule has 0 heterocycles. The topological polar surface area (TPSA) is 84.9 Å². The maximum absolute atomic E-state index is 13.4. The molecule has 1 fully saturated rings. The molecule has 0 saturated heterocycles. The number of nitrogens with one attached hydrogen (secondary N) is 1. The van der Waals surface area contributed by atoms with Crippen molar-refractivity contribution < 1.29 is 22.7 Å². The third-order valence-corrected chi connectivity index (χ3v) is 7.06. The molecule has 0 aliphatic heterocycles. The number of carbonyl (C=O) groups excluding carboxylic acids is 1. The number of sulfonamides is 1. The Kier molecular flexibility index (Phi) is 6.87. The summed E-state index contributed by atoms with van der Waals surface area (Å²) < 4.78 is 38.6. The third-order valence-electron chi connectivity index (χ3n) is 5.27. The lowest BCUT2D eigenvalue weighted by molar-refractivity contribution is -0.120. The van der Waals surface area contributed by atoms with Gasteiger partial charge in [0.1, 0.15) is 6.54 Å². The average molecular weight is 433 g/mol. The van der Waals surface area contributed by atoms with E-state index in [1.807, 2.05) is 6.92 Å². The first kappa shape index (κ1) is 22.0. The van der Waals surface area contributed by atoms with Gasteiger partial charge in [-0.15, -0.1) is 0 Å². The molecule has 0 aromatic heterocycles. The molecule has 1 aliphatic carbocycles. The minimum absolute atomic E-state index is 0.104. The summed E-state index contributed by atoms with van der Waals surface area (Å²) in [5.74, 6) is 0.534. The van der Waals surface area contributed by atoms with E-state index in [1.165, 1.54) is 14.2 Å². The van der Waals surface area contributed by atoms with Crippen molar-refractivity contribution >= 4 is 21.6 Å². The molecule has 0 atom stereocenters. The lowest BCUT2D eigenvalue weighted by Crippen LogP contribution is -2.43. The number of benzene rings is 2. The van der Waals surface area contributed by atoms with Crippen LogP contribution in [0.1, 0.15) is 31.2 Å². The van der Waals surface area contributed by atoms with E-state index in [4.69, 9.17) is 9.47 Å². The zero-order valence-corrected chi connectivity index (χ0v) is 18.4. The number of ether oxygens (including phenoxy) is 2. The highest BCUT2D eigenvalue weighted by Gasteiger charge is 2.29. The molecule has 1 amide bonds. The SMILES string of the molecule is COc1ccc(N(CC(=O)NC2CCCC2)S(=O)(=O)c2ccc(C)cc2)cc1OC. The van der Waals surface area contributed by atoms with Crippen LogP contribution in [0.5, 0.6) is 11.5 Å². The predicted molar refractivity (Wildman–Crippen MR) is 116 cm³/mol. The molecule has 1 N–H and O–H groups in total. The first-order valence-corrected chi connectivity index (χ1v) is 11.4. The molecule has 0 spiro atoms. The maximum Gasteiger partial charge on any atom is 0.264 e. The van der Waals surface area contributed by atoms with Crippen molar-refractivity contribution in [2.75, 3.05) is 25.1 Å². The Labute approximate surface area is 178 Å². The second-order valence-corrected chi connectivity index (χ2v) is 9.28. The molecular formula is C22H28N2O5S. The average Bonchev–Trinajstić information content (AvgIpc) is 3.24. The molecule has 2 aromatic carbocycles. The summed E-state index contributed by atoms with van der Waals surface area (Å²) in [6, 6.07) is 11.5. The summed E-state index contributed by atoms with van der Waals surface area (Å²) in [5, 5.41) is 2.96. The van der Waals surface area contributed by atoms with Gasteiger partial charge in [-0.05, 0) is 44.0 Å². The van der Waals surface area contributed by atoms with Crippen LogP contribution in [0.4, 0.5) is 5.69 Å². The van der Waals surface area contributed by atoms with Crippen LogP contribution in [-0.4, -0.2) is 41.1 Å². The van der Waals surface area contributed by atoms with Crippen molar-refractivity contribution in [2.24, 2.45) is 0 Å². The zero-order chi connectivity index (χ0) is 21.7. The molecule has 2 aromatic rings. The van der Waals surface area contributed by atoms with E-state index in [9.17, 15) is 13.2 Å². The number of rotatable bonds is 8. The number of carbonyl (C=O) groups is 1. The van der Waals surface area contributed by atoms with Crippen molar-refractivity contribution in [1.82, 2.24) is 5.32 Å². The molecule has 0 radical (unpaired) electrons. The molecule has 3 rings (SSSR count). The van der Waals surface area contributed by atoms with Gasteiger partial charge in [0.05, 0.1) is 24.8 Å². The van der Waals surface area contributed by atoms with Crippen molar-refractivity contribution in [3.05, 3.63) is 48.0 Å². The predicted octanol–water partition coefficient (Wildman–Crippen LogP) is 3.27. The van der Waals surface area contributed by atoms with E-state index in [0.717, 1.165) is 35.6 Å². The van der Waals surface area contributed by atoms with Crippen LogP contribution in [0.15, 0.2) is 47.4 Å². The quantitative estimate of drug-likeness (QED) is 0.692. The van der Waals surface area contributed by atoms with Crippen LogP contribution < -0.4 is 19.1 Å². The Hall–Kier alpha value is -2.74. The van der Waals surface area contributed by atoms with Gasteiger partial charge in [0.25, 0.3) is 10.0 Å². The molecular weight excluding hydrogens is 404 g/mol. The molecule has 1 saturated carbocycles. The summed E-state index contributed by atoms with van der Waals surface area (Å²) in [5.41, 5.74) is 1.28. The zero-order valence-electron chi connectivity index (χ0n) is 17.6. The van der Waals surface area contributed by atoms with Crippen LogP contribution in [0.3, 0.4) is 0 Å². The monoisotopic (exact) mass is 432 g/mol. The van der Waals surface area contributed by atoms with E-state index < -0.39 is 10.0 Å². The number of anilines is 1. The Morgan fingerprint density at radius 2 is 1.67 bits per heavy atom. The van der Waals surface area contributed by atoms with Gasteiger partial charge in [0.15, 0.2) is 11.5 Å². The first-order chi connectivity index (χ1) is 14.3. The van der Waals surface area contributed by atoms with Gasteiger partial charge >= 0.3 is 0 Å². The van der Waals surface area contributed by atoms with E-state index in [2.05, 4.69) is 5.32 Å². The third kappa shape index (κ3) is 4.87. The summed E-state index contributed by atoms with van der Waals surface area (Å²) >= 11 is 0. The Morgan fingerprint density at radius 1 is 1.03 bits per heavy atom. The standard InChI is InChI=1S/C22H28N2O5S/c1-16-8-11-19(12-9-16)30(26,27)24(15-22(25)23-17-6-4-5-7-17)18-10-13-20(28-2)21(14-18)29-3/h8-14,17H,4-7,15H2,1-3H3,(H,23,25). The van der Waals surface area contributed by atoms with Gasteiger partial charge in [0.2, 0.25) is 5.91 Å². The van der Waals surface area contributed by atoms with Crippen molar-refractivity contribution in [2.45, 2.75) is 43.5 Å². The largest absolute Gasteiger partial charge is 0.493 e. The molecule has 7 nitrogen and oxygen atoms in total. The lowest BCUT2D eigenvalue weighted by Gasteiger charge is -2.25. The van der Waals surface area contributed by atoms with Crippen LogP contribution in [-0.2, 0) is 14.8 Å². The highest BCUT2D eigenvalue weighted by Crippen LogP contribution is 2.33. The molecule has 162 valence electrons. The smallest absolute Gasteiger partial charge is 0.264 e. The summed E-state index contributed by atoms with van der Waals surface area (Å²) in [6.45, 7) is 1.57. The van der Waals surface area contributed by atoms with E-state index in [1.54, 1.807) is 42.5 Å². The minimum atomic E-state index is -3.97. The summed E-state index contributed by atoms with van der Waals surface area (Å²) in [4.78, 5) is 12.8. The molecule has 8 heteroatoms. The number of nitrogens with zero attached hydrogens (tertiary/aromatic N) is 1. The van der Waals surface area contributed by atoms with Crippen LogP contribution >= 0.6 is 0 Å². The highest BCUT2D eigenvalue weighted by atomic mass is 32.2. The number of methoxy groups -OCH3 is 2. The first-order valence-electron chi connectivity index (χ1n) is 9.96. The normalized spacial score (nSPS) is 14.4. The molecule has 1 aliphatic rings. The summed E-state index contributed by atoms with van der Waals surface area (Å²) in [7, 11) is -0.981. The number of hydrogen-bond donors (Lipinski definition) is 1. The maximum atomic E-state index is 13.4. The second kappa shape index (κ2) is 9.38. The van der Waals surface area contributed by atoms with Gasteiger partial charge in [-0.1, -0.05) is 30.5 Å². The number of aryl methyl sites for hydroxylation is 1. The van der Waals surface area contributed by atoms with E-state index >= 15 is 0 Å². The fourth-order valence-corrected chi connectivity index (χ4v) is 5.02. The van der Waals surface area contributed by atoms with Gasteiger partial charge in [0, 0.05) is 12.1 Å². The Morgan fingerprint density at radius 3 is 2.27 bits per heavy atom. The van der Waals surface area contributed by atoms with Crippen molar-refractivity contribution in [3.8, 4) is 11.5 Å². The highest BCUT2D eigenvalue weighted by molar-refractivity contribution is 7.92. The van der Waals surface area contributed by atoms with Gasteiger partial charge in [-0.25, -0.2) is 8.42 Å². The van der Waals surface area contributed by atoms with Crippen molar-refractivity contribution in [1.29, 1.82) is 0 Å². The van der Waals surface area contributed by atoms with Crippen LogP contribution in [0.2, 0.25) is 0 Å². The number of hydrogen-bond acceptors (Lipinski definition) is 5. The molecule has 30 heavy (non-hydrogen) atoms. The van der Waals surface area contributed by atoms with E-state index in [0.29, 0.717) is 17.2 Å². The second-order valence-electron chi connectivity index (χ2n) is 7.41. The van der Waals surface area contributed by atoms with Crippen LogP contribution in [0, 0.1) is 6.92 Å². The summed E-state index contributed by atoms with van der Waals surface area (Å²) in [6.07, 6.45) is 4.00. The van der Waals surface area contributed by atoms with Gasteiger partial charge in [-0.3, -0.25) is 9.10 Å². The van der Waals surface area contributed by atoms with Crippen LogP contribution in [0.25, 0.3) is 0 Å². The van der Waals surface area contributed by atoms with Gasteiger partial charge in [-0.2, -0.15) is 0 Å². The Bertz CT molecular complexity index is 983. The van der Waals surface area contributed by atoms with Crippen molar-refractivity contribution in [3.63, 3.8) is 0 Å². The fourth-order valence-electron chi connectivity index (χ4n) is 3.61. The molecule has 0 unspecified atom stereocenters. The minimum Gasteiger partial charge on any atom is -0.493 e.